The van der Waals surface area contributed by atoms with Crippen molar-refractivity contribution in [3.63, 3.8) is 0 Å². The van der Waals surface area contributed by atoms with Crippen LogP contribution in [0.25, 0.3) is 0 Å². The molecular formula is C13H14N2O3. The molecule has 5 nitrogen and oxygen atoms in total. The van der Waals surface area contributed by atoms with Crippen molar-refractivity contribution >= 4 is 11.8 Å². The molecule has 0 aliphatic carbocycles. The SMILES string of the molecule is COc1ccc(C(=O)NC(C)=O)c(CCC#N)c1. The monoisotopic (exact) mass is 246 g/mol. The van der Waals surface area contributed by atoms with E-state index in [2.05, 4.69) is 5.32 Å². The van der Waals surface area contributed by atoms with Gasteiger partial charge in [0.15, 0.2) is 0 Å². The van der Waals surface area contributed by atoms with Gasteiger partial charge in [-0.2, -0.15) is 5.26 Å². The minimum atomic E-state index is -0.460. The molecule has 0 spiro atoms. The van der Waals surface area contributed by atoms with Crippen LogP contribution in [0.15, 0.2) is 18.2 Å². The zero-order valence-electron chi connectivity index (χ0n) is 10.3. The van der Waals surface area contributed by atoms with Gasteiger partial charge < -0.3 is 4.74 Å². The van der Waals surface area contributed by atoms with Gasteiger partial charge in [-0.05, 0) is 30.2 Å². The topological polar surface area (TPSA) is 79.2 Å². The van der Waals surface area contributed by atoms with Crippen LogP contribution in [0.1, 0.15) is 29.3 Å². The normalized spacial score (nSPS) is 9.39. The van der Waals surface area contributed by atoms with Crippen molar-refractivity contribution in [1.82, 2.24) is 5.32 Å². The van der Waals surface area contributed by atoms with Crippen molar-refractivity contribution in [3.8, 4) is 11.8 Å². The average molecular weight is 246 g/mol. The van der Waals surface area contributed by atoms with Crippen LogP contribution in [0.3, 0.4) is 0 Å². The van der Waals surface area contributed by atoms with Gasteiger partial charge in [0.2, 0.25) is 5.91 Å². The molecule has 5 heteroatoms. The molecule has 18 heavy (non-hydrogen) atoms. The summed E-state index contributed by atoms with van der Waals surface area (Å²) < 4.78 is 5.07. The molecule has 2 amide bonds. The standard InChI is InChI=1S/C13H14N2O3/c1-9(16)15-13(17)12-6-5-11(18-2)8-10(12)4-3-7-14/h5-6,8H,3-4H2,1-2H3,(H,15,16,17). The maximum Gasteiger partial charge on any atom is 0.258 e. The number of amides is 2. The van der Waals surface area contributed by atoms with Gasteiger partial charge in [0.25, 0.3) is 5.91 Å². The number of rotatable bonds is 4. The fourth-order valence-corrected chi connectivity index (χ4v) is 1.54. The lowest BCUT2D eigenvalue weighted by Gasteiger charge is -2.09. The Morgan fingerprint density at radius 3 is 2.72 bits per heavy atom. The molecule has 0 radical (unpaired) electrons. The van der Waals surface area contributed by atoms with Crippen LogP contribution in [-0.2, 0) is 11.2 Å². The fourth-order valence-electron chi connectivity index (χ4n) is 1.54. The second kappa shape index (κ2) is 6.40. The Hall–Kier alpha value is -2.35. The first-order chi connectivity index (χ1) is 8.58. The Labute approximate surface area is 105 Å². The number of ether oxygens (including phenoxy) is 1. The highest BCUT2D eigenvalue weighted by Crippen LogP contribution is 2.19. The quantitative estimate of drug-likeness (QED) is 0.871. The first kappa shape index (κ1) is 13.7. The van der Waals surface area contributed by atoms with E-state index >= 15 is 0 Å². The highest BCUT2D eigenvalue weighted by molar-refractivity contribution is 6.05. The zero-order chi connectivity index (χ0) is 13.5. The summed E-state index contributed by atoms with van der Waals surface area (Å²) in [5.74, 6) is -0.262. The number of nitriles is 1. The van der Waals surface area contributed by atoms with Crippen LogP contribution < -0.4 is 10.1 Å². The Bertz CT molecular complexity index is 503. The summed E-state index contributed by atoms with van der Waals surface area (Å²) in [6.45, 7) is 1.27. The van der Waals surface area contributed by atoms with Gasteiger partial charge in [0.05, 0.1) is 13.2 Å². The van der Waals surface area contributed by atoms with Crippen LogP contribution in [-0.4, -0.2) is 18.9 Å². The Morgan fingerprint density at radius 2 is 2.17 bits per heavy atom. The molecule has 0 saturated heterocycles. The molecule has 0 bridgehead atoms. The number of carbonyl (C=O) groups excluding carboxylic acids is 2. The van der Waals surface area contributed by atoms with Crippen molar-refractivity contribution in [2.45, 2.75) is 19.8 Å². The number of nitrogens with one attached hydrogen (secondary N) is 1. The van der Waals surface area contributed by atoms with E-state index in [4.69, 9.17) is 10.00 Å². The summed E-state index contributed by atoms with van der Waals surface area (Å²) in [6.07, 6.45) is 0.738. The molecule has 1 aromatic carbocycles. The molecule has 1 rings (SSSR count). The summed E-state index contributed by atoms with van der Waals surface area (Å²) >= 11 is 0. The Kier molecular flexibility index (Phi) is 4.88. The number of methoxy groups -OCH3 is 1. The number of benzene rings is 1. The van der Waals surface area contributed by atoms with Gasteiger partial charge in [-0.3, -0.25) is 14.9 Å². The van der Waals surface area contributed by atoms with Gasteiger partial charge in [0.1, 0.15) is 5.75 Å². The van der Waals surface area contributed by atoms with Crippen molar-refractivity contribution < 1.29 is 14.3 Å². The lowest BCUT2D eigenvalue weighted by molar-refractivity contribution is -0.118. The van der Waals surface area contributed by atoms with Gasteiger partial charge in [-0.1, -0.05) is 0 Å². The first-order valence-corrected chi connectivity index (χ1v) is 5.44. The molecule has 0 saturated carbocycles. The second-order valence-corrected chi connectivity index (χ2v) is 3.69. The van der Waals surface area contributed by atoms with E-state index in [0.717, 1.165) is 0 Å². The van der Waals surface area contributed by atoms with E-state index < -0.39 is 11.8 Å². The number of hydrogen-bond donors (Lipinski definition) is 1. The van der Waals surface area contributed by atoms with Crippen molar-refractivity contribution in [3.05, 3.63) is 29.3 Å². The third-order valence-corrected chi connectivity index (χ3v) is 2.35. The van der Waals surface area contributed by atoms with Crippen molar-refractivity contribution in [1.29, 1.82) is 5.26 Å². The summed E-state index contributed by atoms with van der Waals surface area (Å²) in [5.41, 5.74) is 1.08. The van der Waals surface area contributed by atoms with E-state index in [0.29, 0.717) is 29.7 Å². The van der Waals surface area contributed by atoms with E-state index in [1.54, 1.807) is 18.2 Å². The molecule has 0 aliphatic rings. The molecule has 1 N–H and O–H groups in total. The van der Waals surface area contributed by atoms with Crippen LogP contribution in [0.2, 0.25) is 0 Å². The van der Waals surface area contributed by atoms with Crippen LogP contribution in [0.4, 0.5) is 0 Å². The predicted molar refractivity (Wildman–Crippen MR) is 65.1 cm³/mol. The average Bonchev–Trinajstić information content (AvgIpc) is 2.35. The van der Waals surface area contributed by atoms with Crippen LogP contribution in [0.5, 0.6) is 5.75 Å². The predicted octanol–water partition coefficient (Wildman–Crippen LogP) is 1.43. The first-order valence-electron chi connectivity index (χ1n) is 5.44. The minimum absolute atomic E-state index is 0.299. The molecule has 0 unspecified atom stereocenters. The lowest BCUT2D eigenvalue weighted by atomic mass is 10.0. The Balaban J connectivity index is 3.05. The third kappa shape index (κ3) is 3.59. The summed E-state index contributed by atoms with van der Waals surface area (Å²) in [5, 5.41) is 10.8. The molecule has 94 valence electrons. The summed E-state index contributed by atoms with van der Waals surface area (Å²) in [6, 6.07) is 6.95. The van der Waals surface area contributed by atoms with Crippen LogP contribution >= 0.6 is 0 Å². The van der Waals surface area contributed by atoms with Gasteiger partial charge >= 0.3 is 0 Å². The number of imide groups is 1. The second-order valence-electron chi connectivity index (χ2n) is 3.69. The van der Waals surface area contributed by atoms with E-state index in [1.807, 2.05) is 6.07 Å². The van der Waals surface area contributed by atoms with Gasteiger partial charge in [0, 0.05) is 18.9 Å². The van der Waals surface area contributed by atoms with E-state index in [9.17, 15) is 9.59 Å². The molecule has 0 aliphatic heterocycles. The molecule has 0 atom stereocenters. The number of carbonyl (C=O) groups is 2. The molecular weight excluding hydrogens is 232 g/mol. The third-order valence-electron chi connectivity index (χ3n) is 2.35. The zero-order valence-corrected chi connectivity index (χ0v) is 10.3. The Morgan fingerprint density at radius 1 is 1.44 bits per heavy atom. The largest absolute Gasteiger partial charge is 0.497 e. The van der Waals surface area contributed by atoms with Crippen LogP contribution in [0, 0.1) is 11.3 Å². The summed E-state index contributed by atoms with van der Waals surface area (Å²) in [7, 11) is 1.53. The number of aryl methyl sites for hydroxylation is 1. The van der Waals surface area contributed by atoms with E-state index in [1.165, 1.54) is 14.0 Å². The fraction of sp³-hybridized carbons (Fsp3) is 0.308. The smallest absolute Gasteiger partial charge is 0.258 e. The maximum absolute atomic E-state index is 11.8. The molecule has 1 aromatic rings. The molecule has 0 heterocycles. The number of hydrogen-bond acceptors (Lipinski definition) is 4. The molecule has 0 aromatic heterocycles. The van der Waals surface area contributed by atoms with Gasteiger partial charge in [-0.15, -0.1) is 0 Å². The maximum atomic E-state index is 11.8. The molecule has 0 fully saturated rings. The van der Waals surface area contributed by atoms with Gasteiger partial charge in [-0.25, -0.2) is 0 Å². The van der Waals surface area contributed by atoms with Crippen molar-refractivity contribution in [2.24, 2.45) is 0 Å². The highest BCUT2D eigenvalue weighted by Gasteiger charge is 2.13. The summed E-state index contributed by atoms with van der Waals surface area (Å²) in [4.78, 5) is 22.6. The highest BCUT2D eigenvalue weighted by atomic mass is 16.5. The number of nitrogens with zero attached hydrogens (tertiary/aromatic N) is 1. The lowest BCUT2D eigenvalue weighted by Crippen LogP contribution is -2.28. The minimum Gasteiger partial charge on any atom is -0.497 e. The van der Waals surface area contributed by atoms with Crippen molar-refractivity contribution in [2.75, 3.05) is 7.11 Å². The van der Waals surface area contributed by atoms with E-state index in [-0.39, 0.29) is 0 Å².